The molecule has 164 valence electrons. The van der Waals surface area contributed by atoms with E-state index >= 15 is 0 Å². The summed E-state index contributed by atoms with van der Waals surface area (Å²) in [4.78, 5) is 17.4. The van der Waals surface area contributed by atoms with Crippen molar-refractivity contribution in [1.29, 1.82) is 0 Å². The normalized spacial score (nSPS) is 25.4. The lowest BCUT2D eigenvalue weighted by Crippen LogP contribution is -2.50. The Kier molecular flexibility index (Phi) is 5.48. The average molecular weight is 440 g/mol. The zero-order chi connectivity index (χ0) is 21.4. The zero-order valence-corrected chi connectivity index (χ0v) is 18.5. The van der Waals surface area contributed by atoms with Crippen molar-refractivity contribution >= 4 is 21.4 Å². The van der Waals surface area contributed by atoms with Gasteiger partial charge in [-0.25, -0.2) is 8.42 Å². The van der Waals surface area contributed by atoms with Gasteiger partial charge in [-0.05, 0) is 67.7 Å². The highest BCUT2D eigenvalue weighted by atomic mass is 32.2. The lowest BCUT2D eigenvalue weighted by molar-refractivity contribution is 0.0918. The minimum Gasteiger partial charge on any atom is -0.367 e. The first kappa shape index (κ1) is 20.5. The van der Waals surface area contributed by atoms with Crippen LogP contribution in [0.5, 0.6) is 0 Å². The van der Waals surface area contributed by atoms with Crippen LogP contribution in [0.15, 0.2) is 48.5 Å². The monoisotopic (exact) mass is 439 g/mol. The fourth-order valence-corrected chi connectivity index (χ4v) is 7.14. The van der Waals surface area contributed by atoms with Gasteiger partial charge in [-0.15, -0.1) is 0 Å². The number of hydrogen-bond donors (Lipinski definition) is 1. The summed E-state index contributed by atoms with van der Waals surface area (Å²) in [6.07, 6.45) is 3.21. The second-order valence-corrected chi connectivity index (χ2v) is 11.1. The third-order valence-electron chi connectivity index (χ3n) is 6.87. The number of nitrogens with one attached hydrogen (secondary N) is 1. The summed E-state index contributed by atoms with van der Waals surface area (Å²) in [5.41, 5.74) is 4.44. The average Bonchev–Trinajstić information content (AvgIpc) is 3.41. The van der Waals surface area contributed by atoms with Gasteiger partial charge in [-0.3, -0.25) is 9.69 Å². The zero-order valence-electron chi connectivity index (χ0n) is 17.7. The molecule has 7 heteroatoms. The number of fused-ring (bicyclic) bond motifs is 1. The predicted octanol–water partition coefficient (Wildman–Crippen LogP) is 2.24. The Morgan fingerprint density at radius 1 is 0.903 bits per heavy atom. The lowest BCUT2D eigenvalue weighted by Gasteiger charge is -2.31. The minimum atomic E-state index is -3.12. The first-order valence-electron chi connectivity index (χ1n) is 11.2. The Labute approximate surface area is 184 Å². The van der Waals surface area contributed by atoms with E-state index in [2.05, 4.69) is 39.4 Å². The molecule has 0 aromatic heterocycles. The van der Waals surface area contributed by atoms with E-state index in [4.69, 9.17) is 0 Å². The molecule has 1 N–H and O–H groups in total. The van der Waals surface area contributed by atoms with Gasteiger partial charge in [0.15, 0.2) is 9.84 Å². The molecule has 3 aliphatic heterocycles. The summed E-state index contributed by atoms with van der Waals surface area (Å²) < 4.78 is 24.5. The highest BCUT2D eigenvalue weighted by Crippen LogP contribution is 2.26. The molecule has 6 nitrogen and oxygen atoms in total. The van der Waals surface area contributed by atoms with Crippen molar-refractivity contribution < 1.29 is 13.2 Å². The smallest absolute Gasteiger partial charge is 0.251 e. The molecular formula is C24H29N3O3S. The first-order chi connectivity index (χ1) is 15.0. The maximum absolute atomic E-state index is 12.9. The summed E-state index contributed by atoms with van der Waals surface area (Å²) >= 11 is 0. The van der Waals surface area contributed by atoms with Gasteiger partial charge in [0.1, 0.15) is 0 Å². The first-order valence-corrected chi connectivity index (χ1v) is 13.0. The van der Waals surface area contributed by atoms with Gasteiger partial charge in [0.2, 0.25) is 0 Å². The summed E-state index contributed by atoms with van der Waals surface area (Å²) in [5, 5.41) is 3.02. The maximum atomic E-state index is 12.9. The molecule has 2 atom stereocenters. The lowest BCUT2D eigenvalue weighted by atomic mass is 9.99. The Bertz CT molecular complexity index is 1060. The van der Waals surface area contributed by atoms with Crippen LogP contribution in [-0.2, 0) is 22.8 Å². The van der Waals surface area contributed by atoms with E-state index in [-0.39, 0.29) is 29.5 Å². The second-order valence-electron chi connectivity index (χ2n) is 8.95. The van der Waals surface area contributed by atoms with Gasteiger partial charge in [0.05, 0.1) is 17.5 Å². The van der Waals surface area contributed by atoms with Crippen LogP contribution in [0.3, 0.4) is 0 Å². The number of carbonyl (C=O) groups excluding carboxylic acids is 1. The maximum Gasteiger partial charge on any atom is 0.251 e. The third kappa shape index (κ3) is 4.34. The topological polar surface area (TPSA) is 69.7 Å². The van der Waals surface area contributed by atoms with E-state index in [1.54, 1.807) is 0 Å². The van der Waals surface area contributed by atoms with E-state index in [1.165, 1.54) is 11.1 Å². The molecule has 31 heavy (non-hydrogen) atoms. The van der Waals surface area contributed by atoms with Gasteiger partial charge in [-0.1, -0.05) is 24.3 Å². The Morgan fingerprint density at radius 2 is 1.61 bits per heavy atom. The van der Waals surface area contributed by atoms with Crippen molar-refractivity contribution in [1.82, 2.24) is 10.2 Å². The van der Waals surface area contributed by atoms with Crippen molar-refractivity contribution in [3.63, 3.8) is 0 Å². The Hall–Kier alpha value is -2.38. The van der Waals surface area contributed by atoms with Gasteiger partial charge >= 0.3 is 0 Å². The number of rotatable bonds is 4. The number of sulfone groups is 1. The van der Waals surface area contributed by atoms with Crippen molar-refractivity contribution in [3.05, 3.63) is 65.2 Å². The molecule has 1 amide bonds. The molecule has 0 bridgehead atoms. The quantitative estimate of drug-likeness (QED) is 0.791. The molecule has 2 aromatic carbocycles. The fraction of sp³-hybridized carbons (Fsp3) is 0.458. The molecule has 2 unspecified atom stereocenters. The number of benzene rings is 2. The Balaban J connectivity index is 1.26. The largest absolute Gasteiger partial charge is 0.367 e. The molecular weight excluding hydrogens is 410 g/mol. The predicted molar refractivity (Wildman–Crippen MR) is 122 cm³/mol. The van der Waals surface area contributed by atoms with Gasteiger partial charge in [0.25, 0.3) is 5.91 Å². The number of nitrogens with zero attached hydrogens (tertiary/aromatic N) is 2. The number of hydrogen-bond acceptors (Lipinski definition) is 5. The van der Waals surface area contributed by atoms with Crippen LogP contribution in [0.1, 0.15) is 34.3 Å². The third-order valence-corrected chi connectivity index (χ3v) is 8.59. The number of anilines is 1. The minimum absolute atomic E-state index is 0.0329. The molecule has 0 radical (unpaired) electrons. The van der Waals surface area contributed by atoms with Crippen molar-refractivity contribution in [3.8, 4) is 0 Å². The Morgan fingerprint density at radius 3 is 2.35 bits per heavy atom. The summed E-state index contributed by atoms with van der Waals surface area (Å²) in [5.74, 6) is -0.0137. The van der Waals surface area contributed by atoms with Crippen molar-refractivity contribution in [2.75, 3.05) is 36.0 Å². The SMILES string of the molecule is O=C(NC1CS(=O)(=O)CC1N1CCCC1)c1ccc(N2CCc3ccccc3C2)cc1. The van der Waals surface area contributed by atoms with Crippen LogP contribution in [0.25, 0.3) is 0 Å². The molecule has 2 fully saturated rings. The van der Waals surface area contributed by atoms with Gasteiger partial charge < -0.3 is 10.2 Å². The van der Waals surface area contributed by atoms with Gasteiger partial charge in [0, 0.05) is 30.4 Å². The summed E-state index contributed by atoms with van der Waals surface area (Å²) in [7, 11) is -3.12. The molecule has 2 saturated heterocycles. The van der Waals surface area contributed by atoms with Crippen LogP contribution in [0.4, 0.5) is 5.69 Å². The van der Waals surface area contributed by atoms with Gasteiger partial charge in [-0.2, -0.15) is 0 Å². The highest BCUT2D eigenvalue weighted by Gasteiger charge is 2.42. The van der Waals surface area contributed by atoms with E-state index < -0.39 is 9.84 Å². The summed E-state index contributed by atoms with van der Waals surface area (Å²) in [6.45, 7) is 3.67. The molecule has 3 aliphatic rings. The molecule has 3 heterocycles. The second kappa shape index (κ2) is 8.28. The van der Waals surface area contributed by atoms with Crippen LogP contribution in [0, 0.1) is 0 Å². The summed E-state index contributed by atoms with van der Waals surface area (Å²) in [6, 6.07) is 15.8. The van der Waals surface area contributed by atoms with E-state index in [1.807, 2.05) is 24.3 Å². The fourth-order valence-electron chi connectivity index (χ4n) is 5.19. The highest BCUT2D eigenvalue weighted by molar-refractivity contribution is 7.91. The van der Waals surface area contributed by atoms with E-state index in [9.17, 15) is 13.2 Å². The van der Waals surface area contributed by atoms with Crippen LogP contribution < -0.4 is 10.2 Å². The van der Waals surface area contributed by atoms with Crippen LogP contribution in [0.2, 0.25) is 0 Å². The van der Waals surface area contributed by atoms with E-state index in [0.29, 0.717) is 5.56 Å². The molecule has 5 rings (SSSR count). The molecule has 0 spiro atoms. The number of likely N-dealkylation sites (tertiary alicyclic amines) is 1. The van der Waals surface area contributed by atoms with Crippen molar-refractivity contribution in [2.24, 2.45) is 0 Å². The van der Waals surface area contributed by atoms with E-state index in [0.717, 1.165) is 51.1 Å². The number of amides is 1. The number of carbonyl (C=O) groups is 1. The molecule has 2 aromatic rings. The van der Waals surface area contributed by atoms with Crippen molar-refractivity contribution in [2.45, 2.75) is 37.9 Å². The van der Waals surface area contributed by atoms with Crippen LogP contribution in [-0.4, -0.2) is 62.4 Å². The standard InChI is InChI=1S/C24H29N3O3S/c28-24(25-22-16-31(29,30)17-23(22)26-12-3-4-13-26)19-7-9-21(10-8-19)27-14-11-18-5-1-2-6-20(18)15-27/h1-2,5-10,22-23H,3-4,11-17H2,(H,25,28). The molecule has 0 aliphatic carbocycles. The molecule has 0 saturated carbocycles. The van der Waals surface area contributed by atoms with Crippen LogP contribution >= 0.6 is 0 Å².